The van der Waals surface area contributed by atoms with Crippen molar-refractivity contribution in [3.63, 3.8) is 0 Å². The molecule has 110 valence electrons. The van der Waals surface area contributed by atoms with Gasteiger partial charge in [0.15, 0.2) is 0 Å². The molecule has 0 saturated heterocycles. The van der Waals surface area contributed by atoms with Gasteiger partial charge in [-0.25, -0.2) is 9.78 Å². The van der Waals surface area contributed by atoms with E-state index in [4.69, 9.17) is 5.73 Å². The van der Waals surface area contributed by atoms with Crippen LogP contribution in [-0.2, 0) is 0 Å². The fraction of sp³-hybridized carbons (Fsp3) is 0.0714. The molecule has 2 aromatic rings. The number of nitro groups is 1. The van der Waals surface area contributed by atoms with E-state index in [9.17, 15) is 25.3 Å². The number of anilines is 1. The Kier molecular flexibility index (Phi) is 3.73. The quantitative estimate of drug-likeness (QED) is 0.652. The van der Waals surface area contributed by atoms with Gasteiger partial charge in [0.25, 0.3) is 5.69 Å². The molecular formula is C14H10N4O4. The van der Waals surface area contributed by atoms with Crippen molar-refractivity contribution in [2.24, 2.45) is 0 Å². The molecule has 0 unspecified atom stereocenters. The molecule has 0 amide bonds. The molecule has 0 bridgehead atoms. The molecule has 22 heavy (non-hydrogen) atoms. The molecule has 1 aromatic carbocycles. The summed E-state index contributed by atoms with van der Waals surface area (Å²) in [7, 11) is 0. The van der Waals surface area contributed by atoms with Crippen LogP contribution < -0.4 is 5.73 Å². The van der Waals surface area contributed by atoms with Crippen LogP contribution in [0.3, 0.4) is 0 Å². The number of aromatic carboxylic acids is 1. The molecule has 1 heterocycles. The van der Waals surface area contributed by atoms with Gasteiger partial charge in [-0.05, 0) is 12.5 Å². The van der Waals surface area contributed by atoms with Crippen LogP contribution in [0.2, 0.25) is 0 Å². The van der Waals surface area contributed by atoms with Crippen molar-refractivity contribution in [1.29, 1.82) is 5.26 Å². The van der Waals surface area contributed by atoms with Crippen LogP contribution >= 0.6 is 0 Å². The lowest BCUT2D eigenvalue weighted by Gasteiger charge is -2.12. The lowest BCUT2D eigenvalue weighted by atomic mass is 9.94. The van der Waals surface area contributed by atoms with E-state index in [2.05, 4.69) is 4.98 Å². The minimum Gasteiger partial charge on any atom is -0.478 e. The fourth-order valence-corrected chi connectivity index (χ4v) is 2.16. The lowest BCUT2D eigenvalue weighted by molar-refractivity contribution is -0.384. The fourth-order valence-electron chi connectivity index (χ4n) is 2.16. The maximum Gasteiger partial charge on any atom is 0.338 e. The van der Waals surface area contributed by atoms with Crippen molar-refractivity contribution in [2.45, 2.75) is 6.92 Å². The first-order valence-corrected chi connectivity index (χ1v) is 6.05. The molecular weight excluding hydrogens is 288 g/mol. The molecule has 8 nitrogen and oxygen atoms in total. The van der Waals surface area contributed by atoms with Gasteiger partial charge in [-0.2, -0.15) is 5.26 Å². The molecule has 0 atom stereocenters. The van der Waals surface area contributed by atoms with Gasteiger partial charge in [-0.15, -0.1) is 0 Å². The third-order valence-corrected chi connectivity index (χ3v) is 3.08. The van der Waals surface area contributed by atoms with Gasteiger partial charge in [-0.3, -0.25) is 10.1 Å². The Balaban J connectivity index is 2.90. The number of hydrogen-bond donors (Lipinski definition) is 2. The summed E-state index contributed by atoms with van der Waals surface area (Å²) >= 11 is 0. The first-order chi connectivity index (χ1) is 10.4. The zero-order chi connectivity index (χ0) is 16.4. The molecule has 0 fully saturated rings. The van der Waals surface area contributed by atoms with Crippen LogP contribution in [0.15, 0.2) is 24.3 Å². The number of non-ortho nitro benzene ring substituents is 1. The van der Waals surface area contributed by atoms with Gasteiger partial charge >= 0.3 is 5.97 Å². The Morgan fingerprint density at radius 2 is 2.18 bits per heavy atom. The second kappa shape index (κ2) is 5.49. The van der Waals surface area contributed by atoms with E-state index in [-0.39, 0.29) is 39.5 Å². The van der Waals surface area contributed by atoms with Crippen LogP contribution in [0.5, 0.6) is 0 Å². The number of benzene rings is 1. The van der Waals surface area contributed by atoms with Crippen molar-refractivity contribution < 1.29 is 14.8 Å². The summed E-state index contributed by atoms with van der Waals surface area (Å²) in [5.41, 5.74) is 5.52. The van der Waals surface area contributed by atoms with Crippen LogP contribution in [0.1, 0.15) is 21.6 Å². The van der Waals surface area contributed by atoms with Crippen molar-refractivity contribution in [1.82, 2.24) is 4.98 Å². The molecule has 0 radical (unpaired) electrons. The van der Waals surface area contributed by atoms with E-state index in [1.807, 2.05) is 6.07 Å². The number of aryl methyl sites for hydroxylation is 1. The smallest absolute Gasteiger partial charge is 0.338 e. The third-order valence-electron chi connectivity index (χ3n) is 3.08. The summed E-state index contributed by atoms with van der Waals surface area (Å²) in [6.07, 6.45) is 0. The Labute approximate surface area is 124 Å². The number of pyridine rings is 1. The normalized spacial score (nSPS) is 10.0. The average molecular weight is 298 g/mol. The number of nitro benzene ring substituents is 1. The number of hydrogen-bond acceptors (Lipinski definition) is 6. The highest BCUT2D eigenvalue weighted by atomic mass is 16.6. The number of rotatable bonds is 3. The molecule has 3 N–H and O–H groups in total. The van der Waals surface area contributed by atoms with Gasteiger partial charge in [0, 0.05) is 17.7 Å². The molecule has 2 rings (SSSR count). The van der Waals surface area contributed by atoms with Crippen molar-refractivity contribution >= 4 is 17.5 Å². The SMILES string of the molecule is Cc1nc(N)c(C#N)c(-c2cccc([N+](=O)[O-])c2)c1C(=O)O. The predicted molar refractivity (Wildman–Crippen MR) is 77.2 cm³/mol. The molecule has 0 aliphatic carbocycles. The minimum absolute atomic E-state index is 0.0312. The number of carboxylic acids is 1. The molecule has 0 saturated carbocycles. The Bertz CT molecular complexity index is 839. The van der Waals surface area contributed by atoms with Gasteiger partial charge < -0.3 is 10.8 Å². The number of aromatic nitrogens is 1. The summed E-state index contributed by atoms with van der Waals surface area (Å²) in [6.45, 7) is 1.45. The molecule has 0 aliphatic heterocycles. The summed E-state index contributed by atoms with van der Waals surface area (Å²) in [4.78, 5) is 25.6. The number of carboxylic acid groups (broad SMARTS) is 1. The zero-order valence-corrected chi connectivity index (χ0v) is 11.4. The molecule has 0 spiro atoms. The number of nitrogens with zero attached hydrogens (tertiary/aromatic N) is 3. The molecule has 0 aliphatic rings. The topological polar surface area (TPSA) is 143 Å². The van der Waals surface area contributed by atoms with Crippen LogP contribution in [0.25, 0.3) is 11.1 Å². The number of carbonyl (C=O) groups is 1. The number of nitriles is 1. The summed E-state index contributed by atoms with van der Waals surface area (Å²) < 4.78 is 0. The largest absolute Gasteiger partial charge is 0.478 e. The average Bonchev–Trinajstić information content (AvgIpc) is 2.46. The van der Waals surface area contributed by atoms with Crippen LogP contribution in [-0.4, -0.2) is 21.0 Å². The maximum absolute atomic E-state index is 11.5. The van der Waals surface area contributed by atoms with E-state index >= 15 is 0 Å². The van der Waals surface area contributed by atoms with Gasteiger partial charge in [0.1, 0.15) is 17.5 Å². The standard InChI is InChI=1S/C14H10N4O4/c1-7-11(14(19)20)12(10(6-15)13(16)17-7)8-3-2-4-9(5-8)18(21)22/h2-5H,1H3,(H2,16,17)(H,19,20). The van der Waals surface area contributed by atoms with Crippen LogP contribution in [0.4, 0.5) is 11.5 Å². The first kappa shape index (κ1) is 14.9. The van der Waals surface area contributed by atoms with Crippen LogP contribution in [0, 0.1) is 28.4 Å². The number of nitrogens with two attached hydrogens (primary N) is 1. The van der Waals surface area contributed by atoms with E-state index in [1.54, 1.807) is 0 Å². The lowest BCUT2D eigenvalue weighted by Crippen LogP contribution is -2.10. The monoisotopic (exact) mass is 298 g/mol. The Hall–Kier alpha value is -3.47. The van der Waals surface area contributed by atoms with E-state index < -0.39 is 10.9 Å². The maximum atomic E-state index is 11.5. The van der Waals surface area contributed by atoms with Crippen molar-refractivity contribution in [3.05, 3.63) is 51.2 Å². The van der Waals surface area contributed by atoms with E-state index in [0.717, 1.165) is 0 Å². The summed E-state index contributed by atoms with van der Waals surface area (Å²) in [6, 6.07) is 7.17. The van der Waals surface area contributed by atoms with Gasteiger partial charge in [0.2, 0.25) is 0 Å². The van der Waals surface area contributed by atoms with Crippen molar-refractivity contribution in [3.8, 4) is 17.2 Å². The van der Waals surface area contributed by atoms with Crippen molar-refractivity contribution in [2.75, 3.05) is 5.73 Å². The van der Waals surface area contributed by atoms with Gasteiger partial charge in [-0.1, -0.05) is 12.1 Å². The summed E-state index contributed by atoms with van der Waals surface area (Å²) in [5, 5.41) is 29.5. The Morgan fingerprint density at radius 1 is 1.50 bits per heavy atom. The first-order valence-electron chi connectivity index (χ1n) is 6.05. The second-order valence-electron chi connectivity index (χ2n) is 4.43. The number of nitrogen functional groups attached to an aromatic ring is 1. The highest BCUT2D eigenvalue weighted by molar-refractivity contribution is 6.00. The van der Waals surface area contributed by atoms with E-state index in [0.29, 0.717) is 0 Å². The Morgan fingerprint density at radius 3 is 2.73 bits per heavy atom. The minimum atomic E-state index is -1.29. The van der Waals surface area contributed by atoms with Gasteiger partial charge in [0.05, 0.1) is 16.2 Å². The highest BCUT2D eigenvalue weighted by Gasteiger charge is 2.23. The zero-order valence-electron chi connectivity index (χ0n) is 11.4. The highest BCUT2D eigenvalue weighted by Crippen LogP contribution is 2.33. The molecule has 1 aromatic heterocycles. The third kappa shape index (κ3) is 2.43. The van der Waals surface area contributed by atoms with E-state index in [1.165, 1.54) is 31.2 Å². The predicted octanol–water partition coefficient (Wildman–Crippen LogP) is 2.12. The molecule has 8 heteroatoms. The second-order valence-corrected chi connectivity index (χ2v) is 4.43. The summed E-state index contributed by atoms with van der Waals surface area (Å²) in [5.74, 6) is -1.41.